The molecule has 1 aromatic heterocycles. The lowest BCUT2D eigenvalue weighted by molar-refractivity contribution is 0.187. The smallest absolute Gasteiger partial charge is 0.103 e. The zero-order chi connectivity index (χ0) is 13.5. The summed E-state index contributed by atoms with van der Waals surface area (Å²) in [6.07, 6.45) is 6.66. The molecular formula is C16H28N2O. The van der Waals surface area contributed by atoms with E-state index in [0.29, 0.717) is 6.04 Å². The summed E-state index contributed by atoms with van der Waals surface area (Å²) in [7, 11) is 0. The van der Waals surface area contributed by atoms with E-state index in [1.807, 2.05) is 6.07 Å². The van der Waals surface area contributed by atoms with Gasteiger partial charge in [-0.05, 0) is 70.4 Å². The Balaban J connectivity index is 1.57. The first-order valence-corrected chi connectivity index (χ1v) is 7.76. The fraction of sp³-hybridized carbons (Fsp3) is 0.750. The highest BCUT2D eigenvalue weighted by molar-refractivity contribution is 4.98. The molecule has 3 nitrogen and oxygen atoms in total. The number of piperidine rings is 1. The minimum absolute atomic E-state index is 0.578. The van der Waals surface area contributed by atoms with E-state index < -0.39 is 0 Å². The largest absolute Gasteiger partial charge is 0.469 e. The second-order valence-corrected chi connectivity index (χ2v) is 5.80. The second kappa shape index (κ2) is 7.71. The zero-order valence-electron chi connectivity index (χ0n) is 12.4. The fourth-order valence-corrected chi connectivity index (χ4v) is 2.79. The van der Waals surface area contributed by atoms with Gasteiger partial charge in [0.05, 0.1) is 6.26 Å². The standard InChI is InChI=1S/C16H28N2O/c1-3-18-10-8-15(9-11-18)13-17-14(2)6-7-16-5-4-12-19-16/h4-5,12,14-15,17H,3,6-11,13H2,1-2H3. The summed E-state index contributed by atoms with van der Waals surface area (Å²) in [6.45, 7) is 9.49. The Bertz CT molecular complexity index is 329. The first-order valence-electron chi connectivity index (χ1n) is 7.76. The van der Waals surface area contributed by atoms with Crippen LogP contribution in [-0.2, 0) is 6.42 Å². The van der Waals surface area contributed by atoms with E-state index in [4.69, 9.17) is 4.42 Å². The summed E-state index contributed by atoms with van der Waals surface area (Å²) in [4.78, 5) is 2.55. The zero-order valence-corrected chi connectivity index (χ0v) is 12.4. The summed E-state index contributed by atoms with van der Waals surface area (Å²) in [6, 6.07) is 4.61. The molecule has 0 radical (unpaired) electrons. The number of aryl methyl sites for hydroxylation is 1. The normalized spacial score (nSPS) is 19.7. The average Bonchev–Trinajstić information content (AvgIpc) is 2.96. The molecule has 1 unspecified atom stereocenters. The number of hydrogen-bond acceptors (Lipinski definition) is 3. The Morgan fingerprint density at radius 3 is 2.84 bits per heavy atom. The van der Waals surface area contributed by atoms with Crippen molar-refractivity contribution in [2.24, 2.45) is 5.92 Å². The lowest BCUT2D eigenvalue weighted by Gasteiger charge is -2.31. The summed E-state index contributed by atoms with van der Waals surface area (Å²) in [5.74, 6) is 1.97. The van der Waals surface area contributed by atoms with E-state index in [9.17, 15) is 0 Å². The average molecular weight is 264 g/mol. The SMILES string of the molecule is CCN1CCC(CNC(C)CCc2ccco2)CC1. The van der Waals surface area contributed by atoms with Crippen LogP contribution in [0.3, 0.4) is 0 Å². The molecule has 0 bridgehead atoms. The van der Waals surface area contributed by atoms with Gasteiger partial charge in [0.2, 0.25) is 0 Å². The third-order valence-corrected chi connectivity index (χ3v) is 4.31. The minimum atomic E-state index is 0.578. The Morgan fingerprint density at radius 2 is 2.21 bits per heavy atom. The molecule has 1 aromatic rings. The maximum atomic E-state index is 5.37. The molecule has 1 N–H and O–H groups in total. The maximum Gasteiger partial charge on any atom is 0.103 e. The molecule has 1 aliphatic heterocycles. The van der Waals surface area contributed by atoms with Gasteiger partial charge < -0.3 is 14.6 Å². The van der Waals surface area contributed by atoms with Gasteiger partial charge in [0.1, 0.15) is 5.76 Å². The first-order chi connectivity index (χ1) is 9.28. The Morgan fingerprint density at radius 1 is 1.42 bits per heavy atom. The van der Waals surface area contributed by atoms with Crippen molar-refractivity contribution >= 4 is 0 Å². The summed E-state index contributed by atoms with van der Waals surface area (Å²) in [5.41, 5.74) is 0. The van der Waals surface area contributed by atoms with Gasteiger partial charge in [-0.25, -0.2) is 0 Å². The molecule has 2 heterocycles. The van der Waals surface area contributed by atoms with Crippen molar-refractivity contribution < 1.29 is 4.42 Å². The lowest BCUT2D eigenvalue weighted by atomic mass is 9.96. The molecular weight excluding hydrogens is 236 g/mol. The van der Waals surface area contributed by atoms with Crippen LogP contribution in [0.4, 0.5) is 0 Å². The third kappa shape index (κ3) is 5.00. The van der Waals surface area contributed by atoms with E-state index in [-0.39, 0.29) is 0 Å². The summed E-state index contributed by atoms with van der Waals surface area (Å²) < 4.78 is 5.37. The van der Waals surface area contributed by atoms with Gasteiger partial charge in [0.15, 0.2) is 0 Å². The molecule has 108 valence electrons. The van der Waals surface area contributed by atoms with Gasteiger partial charge in [0.25, 0.3) is 0 Å². The number of rotatable bonds is 7. The van der Waals surface area contributed by atoms with Crippen LogP contribution in [0.2, 0.25) is 0 Å². The summed E-state index contributed by atoms with van der Waals surface area (Å²) in [5, 5.41) is 3.69. The first kappa shape index (κ1) is 14.6. The minimum Gasteiger partial charge on any atom is -0.469 e. The predicted molar refractivity (Wildman–Crippen MR) is 79.3 cm³/mol. The van der Waals surface area contributed by atoms with Crippen molar-refractivity contribution in [3.63, 3.8) is 0 Å². The molecule has 2 rings (SSSR count). The molecule has 0 aliphatic carbocycles. The van der Waals surface area contributed by atoms with E-state index >= 15 is 0 Å². The van der Waals surface area contributed by atoms with Crippen molar-refractivity contribution in [1.82, 2.24) is 10.2 Å². The monoisotopic (exact) mass is 264 g/mol. The number of likely N-dealkylation sites (tertiary alicyclic amines) is 1. The Labute approximate surface area is 117 Å². The van der Waals surface area contributed by atoms with Crippen molar-refractivity contribution in [2.75, 3.05) is 26.2 Å². The van der Waals surface area contributed by atoms with Crippen LogP contribution in [0.1, 0.15) is 38.9 Å². The van der Waals surface area contributed by atoms with Crippen molar-refractivity contribution in [2.45, 2.75) is 45.6 Å². The van der Waals surface area contributed by atoms with Gasteiger partial charge >= 0.3 is 0 Å². The third-order valence-electron chi connectivity index (χ3n) is 4.31. The second-order valence-electron chi connectivity index (χ2n) is 5.80. The van der Waals surface area contributed by atoms with Crippen LogP contribution in [0.25, 0.3) is 0 Å². The van der Waals surface area contributed by atoms with Gasteiger partial charge in [-0.1, -0.05) is 6.92 Å². The van der Waals surface area contributed by atoms with Gasteiger partial charge in [0, 0.05) is 12.5 Å². The predicted octanol–water partition coefficient (Wildman–Crippen LogP) is 2.92. The molecule has 1 aliphatic rings. The quantitative estimate of drug-likeness (QED) is 0.821. The summed E-state index contributed by atoms with van der Waals surface area (Å²) >= 11 is 0. The van der Waals surface area contributed by atoms with Crippen LogP contribution in [0.15, 0.2) is 22.8 Å². The maximum absolute atomic E-state index is 5.37. The van der Waals surface area contributed by atoms with Gasteiger partial charge in [-0.2, -0.15) is 0 Å². The van der Waals surface area contributed by atoms with E-state index in [0.717, 1.165) is 24.5 Å². The van der Waals surface area contributed by atoms with E-state index in [2.05, 4.69) is 30.1 Å². The highest BCUT2D eigenvalue weighted by Gasteiger charge is 2.18. The number of nitrogens with one attached hydrogen (secondary N) is 1. The topological polar surface area (TPSA) is 28.4 Å². The number of hydrogen-bond donors (Lipinski definition) is 1. The van der Waals surface area contributed by atoms with Crippen LogP contribution in [0, 0.1) is 5.92 Å². The van der Waals surface area contributed by atoms with Gasteiger partial charge in [-0.15, -0.1) is 0 Å². The molecule has 19 heavy (non-hydrogen) atoms. The van der Waals surface area contributed by atoms with Crippen LogP contribution < -0.4 is 5.32 Å². The van der Waals surface area contributed by atoms with Gasteiger partial charge in [-0.3, -0.25) is 0 Å². The van der Waals surface area contributed by atoms with Crippen molar-refractivity contribution in [3.05, 3.63) is 24.2 Å². The number of furan rings is 1. The highest BCUT2D eigenvalue weighted by Crippen LogP contribution is 2.16. The molecule has 0 saturated carbocycles. The molecule has 3 heteroatoms. The Kier molecular flexibility index (Phi) is 5.93. The van der Waals surface area contributed by atoms with Crippen LogP contribution in [-0.4, -0.2) is 37.1 Å². The van der Waals surface area contributed by atoms with E-state index in [1.54, 1.807) is 6.26 Å². The van der Waals surface area contributed by atoms with Crippen LogP contribution in [0.5, 0.6) is 0 Å². The highest BCUT2D eigenvalue weighted by atomic mass is 16.3. The van der Waals surface area contributed by atoms with Crippen molar-refractivity contribution in [3.8, 4) is 0 Å². The van der Waals surface area contributed by atoms with E-state index in [1.165, 1.54) is 39.0 Å². The molecule has 1 saturated heterocycles. The molecule has 1 atom stereocenters. The lowest BCUT2D eigenvalue weighted by Crippen LogP contribution is -2.39. The molecule has 1 fully saturated rings. The fourth-order valence-electron chi connectivity index (χ4n) is 2.79. The van der Waals surface area contributed by atoms with Crippen LogP contribution >= 0.6 is 0 Å². The molecule has 0 amide bonds. The molecule has 0 aromatic carbocycles. The van der Waals surface area contributed by atoms with Crippen molar-refractivity contribution in [1.29, 1.82) is 0 Å². The molecule has 0 spiro atoms. The number of nitrogens with zero attached hydrogens (tertiary/aromatic N) is 1. The Hall–Kier alpha value is -0.800.